The number of halogens is 3. The molecule has 3 nitrogen and oxygen atoms in total. The van der Waals surface area contributed by atoms with Gasteiger partial charge in [-0.1, -0.05) is 36.7 Å². The van der Waals surface area contributed by atoms with Crippen molar-refractivity contribution >= 4 is 38.3 Å². The van der Waals surface area contributed by atoms with Gasteiger partial charge in [0.05, 0.1) is 5.69 Å². The zero-order valence-corrected chi connectivity index (χ0v) is 14.0. The summed E-state index contributed by atoms with van der Waals surface area (Å²) in [6, 6.07) is 2.08. The van der Waals surface area contributed by atoms with Gasteiger partial charge in [-0.05, 0) is 12.1 Å². The number of hydrogen-bond donors (Lipinski definition) is 1. The van der Waals surface area contributed by atoms with E-state index in [0.29, 0.717) is 5.13 Å². The van der Waals surface area contributed by atoms with Crippen molar-refractivity contribution in [2.24, 2.45) is 0 Å². The molecule has 1 heterocycles. The molecule has 0 bridgehead atoms. The number of carbonyl (C=O) groups is 1. The molecule has 2 rings (SSSR count). The maximum absolute atomic E-state index is 13.7. The number of benzene rings is 1. The molecular weight excluding hydrogens is 362 g/mol. The van der Waals surface area contributed by atoms with E-state index >= 15 is 0 Å². The summed E-state index contributed by atoms with van der Waals surface area (Å²) in [6.07, 6.45) is 0. The fraction of sp³-hybridized carbons (Fsp3) is 0.286. The zero-order chi connectivity index (χ0) is 15.8. The van der Waals surface area contributed by atoms with E-state index in [2.05, 4.69) is 26.2 Å². The van der Waals surface area contributed by atoms with Gasteiger partial charge in [0.1, 0.15) is 17.2 Å². The summed E-state index contributed by atoms with van der Waals surface area (Å²) in [5.41, 5.74) is 0.0263. The maximum atomic E-state index is 13.7. The third-order valence-corrected chi connectivity index (χ3v) is 3.94. The SMILES string of the molecule is CC(C)(C)c1csc(NC(=O)c2c(F)cc(Br)cc2F)n1. The van der Waals surface area contributed by atoms with Crippen molar-refractivity contribution in [1.29, 1.82) is 0 Å². The summed E-state index contributed by atoms with van der Waals surface area (Å²) >= 11 is 4.18. The minimum Gasteiger partial charge on any atom is -0.298 e. The quantitative estimate of drug-likeness (QED) is 0.824. The number of thiazole rings is 1. The Morgan fingerprint density at radius 2 is 1.86 bits per heavy atom. The topological polar surface area (TPSA) is 42.0 Å². The van der Waals surface area contributed by atoms with Crippen LogP contribution in [0.5, 0.6) is 0 Å². The molecule has 0 aliphatic carbocycles. The van der Waals surface area contributed by atoms with Crippen LogP contribution < -0.4 is 5.32 Å². The molecular formula is C14H13BrF2N2OS. The van der Waals surface area contributed by atoms with Crippen LogP contribution in [-0.2, 0) is 5.41 Å². The molecule has 112 valence electrons. The molecule has 1 aromatic heterocycles. The van der Waals surface area contributed by atoms with Crippen LogP contribution >= 0.6 is 27.3 Å². The minimum atomic E-state index is -0.924. The van der Waals surface area contributed by atoms with E-state index in [4.69, 9.17) is 0 Å². The Balaban J connectivity index is 2.25. The Morgan fingerprint density at radius 1 is 1.29 bits per heavy atom. The summed E-state index contributed by atoms with van der Waals surface area (Å²) in [5, 5.41) is 4.55. The van der Waals surface area contributed by atoms with Crippen molar-refractivity contribution in [3.05, 3.63) is 44.9 Å². The molecule has 0 fully saturated rings. The van der Waals surface area contributed by atoms with Gasteiger partial charge < -0.3 is 0 Å². The summed E-state index contributed by atoms with van der Waals surface area (Å²) in [7, 11) is 0. The first-order valence-electron chi connectivity index (χ1n) is 6.10. The minimum absolute atomic E-state index is 0.159. The molecule has 1 N–H and O–H groups in total. The van der Waals surface area contributed by atoms with E-state index in [0.717, 1.165) is 17.8 Å². The van der Waals surface area contributed by atoms with E-state index in [1.807, 2.05) is 26.2 Å². The van der Waals surface area contributed by atoms with E-state index in [1.165, 1.54) is 11.3 Å². The van der Waals surface area contributed by atoms with Crippen LogP contribution in [0.25, 0.3) is 0 Å². The molecule has 0 aliphatic rings. The Morgan fingerprint density at radius 3 is 2.33 bits per heavy atom. The number of anilines is 1. The highest BCUT2D eigenvalue weighted by Gasteiger charge is 2.21. The number of aromatic nitrogens is 1. The van der Waals surface area contributed by atoms with Crippen LogP contribution in [0.2, 0.25) is 0 Å². The monoisotopic (exact) mass is 374 g/mol. The van der Waals surface area contributed by atoms with Crippen molar-refractivity contribution in [3.8, 4) is 0 Å². The first kappa shape index (κ1) is 16.0. The lowest BCUT2D eigenvalue weighted by Gasteiger charge is -2.14. The third-order valence-electron chi connectivity index (χ3n) is 2.73. The molecule has 0 saturated heterocycles. The number of nitrogens with zero attached hydrogens (tertiary/aromatic N) is 1. The average molecular weight is 375 g/mol. The molecule has 0 aliphatic heterocycles. The van der Waals surface area contributed by atoms with Crippen molar-refractivity contribution in [2.75, 3.05) is 5.32 Å². The molecule has 7 heteroatoms. The van der Waals surface area contributed by atoms with Gasteiger partial charge in [-0.3, -0.25) is 10.1 Å². The van der Waals surface area contributed by atoms with Crippen LogP contribution in [-0.4, -0.2) is 10.9 Å². The van der Waals surface area contributed by atoms with Gasteiger partial charge in [0.15, 0.2) is 5.13 Å². The predicted octanol–water partition coefficient (Wildman–Crippen LogP) is 4.73. The highest BCUT2D eigenvalue weighted by atomic mass is 79.9. The van der Waals surface area contributed by atoms with Crippen LogP contribution in [0.3, 0.4) is 0 Å². The van der Waals surface area contributed by atoms with Crippen LogP contribution in [0, 0.1) is 11.6 Å². The smallest absolute Gasteiger partial charge is 0.263 e. The predicted molar refractivity (Wildman–Crippen MR) is 82.8 cm³/mol. The lowest BCUT2D eigenvalue weighted by molar-refractivity contribution is 0.101. The largest absolute Gasteiger partial charge is 0.298 e. The maximum Gasteiger partial charge on any atom is 0.263 e. The number of carbonyl (C=O) groups excluding carboxylic acids is 1. The Kier molecular flexibility index (Phi) is 4.43. The van der Waals surface area contributed by atoms with E-state index in [1.54, 1.807) is 0 Å². The number of rotatable bonds is 2. The molecule has 2 aromatic rings. The van der Waals surface area contributed by atoms with E-state index in [-0.39, 0.29) is 9.89 Å². The van der Waals surface area contributed by atoms with Gasteiger partial charge in [0.2, 0.25) is 0 Å². The first-order chi connectivity index (χ1) is 9.68. The molecule has 0 spiro atoms. The Labute approximate surface area is 133 Å². The van der Waals surface area contributed by atoms with E-state index < -0.39 is 23.1 Å². The van der Waals surface area contributed by atoms with Gasteiger partial charge in [-0.25, -0.2) is 13.8 Å². The van der Waals surface area contributed by atoms with Crippen LogP contribution in [0.15, 0.2) is 22.0 Å². The molecule has 0 saturated carbocycles. The summed E-state index contributed by atoms with van der Waals surface area (Å²) in [4.78, 5) is 16.2. The summed E-state index contributed by atoms with van der Waals surface area (Å²) < 4.78 is 27.7. The molecule has 1 aromatic carbocycles. The van der Waals surface area contributed by atoms with Crippen molar-refractivity contribution < 1.29 is 13.6 Å². The highest BCUT2D eigenvalue weighted by Crippen LogP contribution is 2.27. The number of nitrogens with one attached hydrogen (secondary N) is 1. The van der Waals surface area contributed by atoms with E-state index in [9.17, 15) is 13.6 Å². The first-order valence-corrected chi connectivity index (χ1v) is 7.77. The molecule has 0 atom stereocenters. The fourth-order valence-electron chi connectivity index (χ4n) is 1.59. The van der Waals surface area contributed by atoms with Gasteiger partial charge in [0, 0.05) is 15.3 Å². The van der Waals surface area contributed by atoms with Crippen molar-refractivity contribution in [2.45, 2.75) is 26.2 Å². The standard InChI is InChI=1S/C14H13BrF2N2OS/c1-14(2,3)10-6-21-13(18-10)19-12(20)11-8(16)4-7(15)5-9(11)17/h4-6H,1-3H3,(H,18,19,20). The normalized spacial score (nSPS) is 11.5. The lowest BCUT2D eigenvalue weighted by atomic mass is 9.93. The average Bonchev–Trinajstić information content (AvgIpc) is 2.75. The van der Waals surface area contributed by atoms with Crippen molar-refractivity contribution in [1.82, 2.24) is 4.98 Å². The Hall–Kier alpha value is -1.34. The molecule has 0 radical (unpaired) electrons. The van der Waals surface area contributed by atoms with Crippen LogP contribution in [0.1, 0.15) is 36.8 Å². The van der Waals surface area contributed by atoms with Gasteiger partial charge in [-0.2, -0.15) is 0 Å². The van der Waals surface area contributed by atoms with Gasteiger partial charge in [0.25, 0.3) is 5.91 Å². The van der Waals surface area contributed by atoms with Crippen LogP contribution in [0.4, 0.5) is 13.9 Å². The van der Waals surface area contributed by atoms with Gasteiger partial charge >= 0.3 is 0 Å². The second-order valence-electron chi connectivity index (χ2n) is 5.49. The molecule has 21 heavy (non-hydrogen) atoms. The number of amides is 1. The summed E-state index contributed by atoms with van der Waals surface area (Å²) in [6.45, 7) is 5.96. The fourth-order valence-corrected chi connectivity index (χ4v) is 2.93. The highest BCUT2D eigenvalue weighted by molar-refractivity contribution is 9.10. The number of hydrogen-bond acceptors (Lipinski definition) is 3. The molecule has 0 unspecified atom stereocenters. The molecule has 1 amide bonds. The summed E-state index contributed by atoms with van der Waals surface area (Å²) in [5.74, 6) is -2.70. The van der Waals surface area contributed by atoms with Crippen molar-refractivity contribution in [3.63, 3.8) is 0 Å². The second kappa shape index (κ2) is 5.81. The third kappa shape index (κ3) is 3.65. The zero-order valence-electron chi connectivity index (χ0n) is 11.6. The second-order valence-corrected chi connectivity index (χ2v) is 7.26. The lowest BCUT2D eigenvalue weighted by Crippen LogP contribution is -2.17. The Bertz CT molecular complexity index is 672. The van der Waals surface area contributed by atoms with Gasteiger partial charge in [-0.15, -0.1) is 11.3 Å².